The highest BCUT2D eigenvalue weighted by Gasteiger charge is 2.38. The summed E-state index contributed by atoms with van der Waals surface area (Å²) in [4.78, 5) is 19.4. The highest BCUT2D eigenvalue weighted by Crippen LogP contribution is 2.38. The molecule has 3 aromatic rings. The maximum Gasteiger partial charge on any atom is 0.321 e. The number of nitrogens with one attached hydrogen (secondary N) is 1. The van der Waals surface area contributed by atoms with Crippen molar-refractivity contribution in [1.29, 1.82) is 15.8 Å². The van der Waals surface area contributed by atoms with Gasteiger partial charge in [0.2, 0.25) is 5.95 Å². The van der Waals surface area contributed by atoms with Gasteiger partial charge >= 0.3 is 6.01 Å². The number of pyridine rings is 1. The maximum atomic E-state index is 9.35. The van der Waals surface area contributed by atoms with Crippen molar-refractivity contribution in [2.75, 3.05) is 31.7 Å². The normalized spacial score (nSPS) is 19.7. The van der Waals surface area contributed by atoms with E-state index >= 15 is 0 Å². The zero-order chi connectivity index (χ0) is 24.4. The van der Waals surface area contributed by atoms with Gasteiger partial charge in [-0.2, -0.15) is 35.8 Å². The van der Waals surface area contributed by atoms with Crippen molar-refractivity contribution in [3.8, 4) is 30.0 Å². The topological polar surface area (TPSA) is 173 Å². The number of aromatic amines is 1. The van der Waals surface area contributed by atoms with Crippen LogP contribution in [-0.4, -0.2) is 56.9 Å². The second kappa shape index (κ2) is 9.40. The van der Waals surface area contributed by atoms with Gasteiger partial charge < -0.3 is 14.4 Å². The summed E-state index contributed by atoms with van der Waals surface area (Å²) in [5, 5.41) is 36.1. The molecule has 1 aliphatic heterocycles. The Balaban J connectivity index is 1.34. The van der Waals surface area contributed by atoms with Gasteiger partial charge in [0.1, 0.15) is 5.75 Å². The number of hydrogen-bond acceptors (Lipinski definition) is 11. The number of rotatable bonds is 7. The standard InChI is InChI=1S/C23H22N10O2/c1-34-17-2-5-27-21-18(17)19(31-32-21)13-3-6-33(7-4-13)22-28-20(16(10-25)11-26)29-23(30-22)35-12-15-8-14(15)9-24/h2,5,13-16H,3-4,6-8,12H2,1H3,(H,27,31,32)/t14-,15+/m0/s1. The first kappa shape index (κ1) is 22.3. The third-order valence-corrected chi connectivity index (χ3v) is 6.50. The average Bonchev–Trinajstić information content (AvgIpc) is 3.54. The third kappa shape index (κ3) is 4.36. The second-order valence-electron chi connectivity index (χ2n) is 8.62. The monoisotopic (exact) mass is 470 g/mol. The molecule has 1 aliphatic carbocycles. The molecule has 12 heteroatoms. The van der Waals surface area contributed by atoms with Gasteiger partial charge in [-0.25, -0.2) is 4.98 Å². The van der Waals surface area contributed by atoms with Crippen molar-refractivity contribution in [2.24, 2.45) is 11.8 Å². The van der Waals surface area contributed by atoms with Gasteiger partial charge in [0.15, 0.2) is 17.4 Å². The van der Waals surface area contributed by atoms with E-state index in [9.17, 15) is 10.5 Å². The average molecular weight is 470 g/mol. The molecule has 3 aromatic heterocycles. The Morgan fingerprint density at radius 1 is 1.17 bits per heavy atom. The van der Waals surface area contributed by atoms with E-state index < -0.39 is 5.92 Å². The molecule has 0 unspecified atom stereocenters. The first-order chi connectivity index (χ1) is 17.1. The molecule has 0 spiro atoms. The Morgan fingerprint density at radius 2 is 1.97 bits per heavy atom. The molecule has 2 atom stereocenters. The predicted molar refractivity (Wildman–Crippen MR) is 121 cm³/mol. The number of piperidine rings is 1. The molecule has 0 radical (unpaired) electrons. The summed E-state index contributed by atoms with van der Waals surface area (Å²) >= 11 is 0. The van der Waals surface area contributed by atoms with Crippen molar-refractivity contribution in [1.82, 2.24) is 30.1 Å². The SMILES string of the molecule is COc1ccnc2n[nH]c(C3CCN(c4nc(OC[C@H]5C[C@H]5C#N)nc(C(C#N)C#N)n4)CC3)c12. The highest BCUT2D eigenvalue weighted by atomic mass is 16.5. The number of nitriles is 3. The molecule has 2 aliphatic rings. The van der Waals surface area contributed by atoms with E-state index in [1.807, 2.05) is 23.1 Å². The predicted octanol–water partition coefficient (Wildman–Crippen LogP) is 2.20. The largest absolute Gasteiger partial charge is 0.496 e. The molecule has 1 N–H and O–H groups in total. The van der Waals surface area contributed by atoms with Crippen LogP contribution in [0.2, 0.25) is 0 Å². The fourth-order valence-electron chi connectivity index (χ4n) is 4.39. The molecule has 0 aromatic carbocycles. The summed E-state index contributed by atoms with van der Waals surface area (Å²) in [7, 11) is 1.63. The molecule has 0 bridgehead atoms. The molecule has 1 saturated carbocycles. The Hall–Kier alpha value is -4.50. The lowest BCUT2D eigenvalue weighted by Crippen LogP contribution is -2.34. The van der Waals surface area contributed by atoms with Gasteiger partial charge in [-0.05, 0) is 25.3 Å². The third-order valence-electron chi connectivity index (χ3n) is 6.50. The summed E-state index contributed by atoms with van der Waals surface area (Å²) in [6, 6.07) is 7.94. The number of fused-ring (bicyclic) bond motifs is 1. The highest BCUT2D eigenvalue weighted by molar-refractivity contribution is 5.85. The molecule has 0 amide bonds. The zero-order valence-electron chi connectivity index (χ0n) is 19.0. The minimum Gasteiger partial charge on any atom is -0.496 e. The van der Waals surface area contributed by atoms with Crippen molar-refractivity contribution in [3.63, 3.8) is 0 Å². The molecule has 35 heavy (non-hydrogen) atoms. The summed E-state index contributed by atoms with van der Waals surface area (Å²) in [5.74, 6) is 0.417. The first-order valence-corrected chi connectivity index (χ1v) is 11.3. The van der Waals surface area contributed by atoms with E-state index in [-0.39, 0.29) is 29.6 Å². The van der Waals surface area contributed by atoms with Crippen molar-refractivity contribution < 1.29 is 9.47 Å². The van der Waals surface area contributed by atoms with Crippen LogP contribution in [0.4, 0.5) is 5.95 Å². The molecule has 1 saturated heterocycles. The summed E-state index contributed by atoms with van der Waals surface area (Å²) in [6.45, 7) is 1.62. The van der Waals surface area contributed by atoms with Crippen molar-refractivity contribution in [2.45, 2.75) is 31.1 Å². The number of H-pyrrole nitrogens is 1. The van der Waals surface area contributed by atoms with E-state index in [0.717, 1.165) is 36.1 Å². The lowest BCUT2D eigenvalue weighted by molar-refractivity contribution is 0.270. The number of nitrogens with zero attached hydrogens (tertiary/aromatic N) is 9. The van der Waals surface area contributed by atoms with E-state index in [1.54, 1.807) is 13.3 Å². The van der Waals surface area contributed by atoms with Crippen LogP contribution in [0.5, 0.6) is 11.8 Å². The van der Waals surface area contributed by atoms with E-state index in [1.165, 1.54) is 0 Å². The second-order valence-corrected chi connectivity index (χ2v) is 8.62. The summed E-state index contributed by atoms with van der Waals surface area (Å²) in [6.07, 6.45) is 4.07. The van der Waals surface area contributed by atoms with Gasteiger partial charge in [-0.15, -0.1) is 0 Å². The Morgan fingerprint density at radius 3 is 2.66 bits per heavy atom. The Labute approximate surface area is 201 Å². The van der Waals surface area contributed by atoms with Gasteiger partial charge in [0.05, 0.1) is 48.9 Å². The summed E-state index contributed by atoms with van der Waals surface area (Å²) in [5.41, 5.74) is 1.62. The fraction of sp³-hybridized carbons (Fsp3) is 0.478. The van der Waals surface area contributed by atoms with Gasteiger partial charge in [0.25, 0.3) is 0 Å². The minimum absolute atomic E-state index is 0.00634. The van der Waals surface area contributed by atoms with Crippen LogP contribution in [0, 0.1) is 45.8 Å². The lowest BCUT2D eigenvalue weighted by Gasteiger charge is -2.31. The number of aromatic nitrogens is 6. The van der Waals surface area contributed by atoms with Crippen LogP contribution < -0.4 is 14.4 Å². The van der Waals surface area contributed by atoms with Crippen LogP contribution in [0.25, 0.3) is 11.0 Å². The number of hydrogen-bond donors (Lipinski definition) is 1. The Kier molecular flexibility index (Phi) is 5.99. The van der Waals surface area contributed by atoms with Crippen LogP contribution in [0.15, 0.2) is 12.3 Å². The zero-order valence-corrected chi connectivity index (χ0v) is 19.0. The van der Waals surface area contributed by atoms with Gasteiger partial charge in [-0.3, -0.25) is 5.10 Å². The molecule has 2 fully saturated rings. The first-order valence-electron chi connectivity index (χ1n) is 11.3. The van der Waals surface area contributed by atoms with E-state index in [0.29, 0.717) is 31.3 Å². The minimum atomic E-state index is -1.12. The van der Waals surface area contributed by atoms with Gasteiger partial charge in [0, 0.05) is 31.1 Å². The van der Waals surface area contributed by atoms with Crippen LogP contribution >= 0.6 is 0 Å². The quantitative estimate of drug-likeness (QED) is 0.536. The Bertz CT molecular complexity index is 1350. The van der Waals surface area contributed by atoms with Crippen LogP contribution in [0.3, 0.4) is 0 Å². The number of anilines is 1. The van der Waals surface area contributed by atoms with Crippen LogP contribution in [-0.2, 0) is 0 Å². The van der Waals surface area contributed by atoms with Crippen molar-refractivity contribution >= 4 is 17.0 Å². The van der Waals surface area contributed by atoms with E-state index in [4.69, 9.17) is 14.7 Å². The molecule has 4 heterocycles. The smallest absolute Gasteiger partial charge is 0.321 e. The maximum absolute atomic E-state index is 9.35. The molecule has 12 nitrogen and oxygen atoms in total. The fourth-order valence-corrected chi connectivity index (χ4v) is 4.39. The summed E-state index contributed by atoms with van der Waals surface area (Å²) < 4.78 is 11.2. The van der Waals surface area contributed by atoms with E-state index in [2.05, 4.69) is 36.2 Å². The number of ether oxygens (including phenoxy) is 2. The molecular weight excluding hydrogens is 448 g/mol. The van der Waals surface area contributed by atoms with Crippen molar-refractivity contribution in [3.05, 3.63) is 23.8 Å². The lowest BCUT2D eigenvalue weighted by atomic mass is 9.92. The molecule has 5 rings (SSSR count). The number of methoxy groups -OCH3 is 1. The molecule has 176 valence electrons. The molecular formula is C23H22N10O2. The van der Waals surface area contributed by atoms with Gasteiger partial charge in [-0.1, -0.05) is 0 Å². The van der Waals surface area contributed by atoms with Crippen LogP contribution in [0.1, 0.15) is 42.6 Å².